The molecule has 0 saturated heterocycles. The Bertz CT molecular complexity index is 1820. The molecule has 1 aliphatic heterocycles. The molecule has 4 N–H and O–H groups in total. The second-order valence-electron chi connectivity index (χ2n) is 17.1. The largest absolute Gasteiger partial charge is 0.459 e. The quantitative estimate of drug-likeness (QED) is 0.0461. The second kappa shape index (κ2) is 24.5. The van der Waals surface area contributed by atoms with E-state index in [2.05, 4.69) is 18.0 Å². The fourth-order valence-electron chi connectivity index (χ4n) is 8.93. The molecule has 1 heterocycles. The van der Waals surface area contributed by atoms with E-state index >= 15 is 0 Å². The van der Waals surface area contributed by atoms with Gasteiger partial charge in [0.1, 0.15) is 29.7 Å². The summed E-state index contributed by atoms with van der Waals surface area (Å²) >= 11 is 0. The number of ether oxygens (including phenoxy) is 6. The van der Waals surface area contributed by atoms with E-state index in [0.29, 0.717) is 43.2 Å². The van der Waals surface area contributed by atoms with Crippen molar-refractivity contribution in [2.45, 2.75) is 103 Å². The van der Waals surface area contributed by atoms with Crippen molar-refractivity contribution in [3.63, 3.8) is 0 Å². The van der Waals surface area contributed by atoms with Gasteiger partial charge in [0, 0.05) is 44.2 Å². The zero-order valence-corrected chi connectivity index (χ0v) is 37.5. The van der Waals surface area contributed by atoms with Gasteiger partial charge in [-0.2, -0.15) is 0 Å². The number of carbonyl (C=O) groups excluding carboxylic acids is 2. The lowest BCUT2D eigenvalue weighted by Gasteiger charge is -2.59. The fourth-order valence-corrected chi connectivity index (χ4v) is 8.93. The summed E-state index contributed by atoms with van der Waals surface area (Å²) in [6, 6.07) is 14.2. The molecule has 2 amide bonds. The minimum atomic E-state index is -1.55. The van der Waals surface area contributed by atoms with Gasteiger partial charge in [0.05, 0.1) is 51.3 Å². The zero-order valence-electron chi connectivity index (χ0n) is 37.5. The van der Waals surface area contributed by atoms with E-state index in [1.807, 2.05) is 64.1 Å². The van der Waals surface area contributed by atoms with Crippen LogP contribution >= 0.6 is 0 Å². The number of aliphatic hydroxyl groups is 3. The predicted molar refractivity (Wildman–Crippen MR) is 238 cm³/mol. The lowest BCUT2D eigenvalue weighted by atomic mass is 9.55. The van der Waals surface area contributed by atoms with Gasteiger partial charge in [0.25, 0.3) is 0 Å². The van der Waals surface area contributed by atoms with Crippen LogP contribution in [0.3, 0.4) is 0 Å². The van der Waals surface area contributed by atoms with Gasteiger partial charge in [0.2, 0.25) is 5.79 Å². The maximum Gasteiger partial charge on any atom is 0.412 e. The third kappa shape index (κ3) is 13.3. The molecule has 0 radical (unpaired) electrons. The number of carbonyl (C=O) groups is 2. The number of nitrogens with one attached hydrogen (secondary N) is 1. The summed E-state index contributed by atoms with van der Waals surface area (Å²) in [7, 11) is 0. The van der Waals surface area contributed by atoms with E-state index in [-0.39, 0.29) is 83.6 Å². The summed E-state index contributed by atoms with van der Waals surface area (Å²) in [5, 5.41) is 36.9. The van der Waals surface area contributed by atoms with Gasteiger partial charge in [-0.3, -0.25) is 4.90 Å². The van der Waals surface area contributed by atoms with Crippen LogP contribution in [0.1, 0.15) is 89.7 Å². The molecule has 348 valence electrons. The minimum absolute atomic E-state index is 0.00253. The number of unbranched alkanes of at least 4 members (excludes halogenated alkanes) is 2. The number of amides is 2. The van der Waals surface area contributed by atoms with Crippen LogP contribution in [0.2, 0.25) is 0 Å². The number of rotatable bonds is 25. The second-order valence-corrected chi connectivity index (χ2v) is 17.1. The Morgan fingerprint density at radius 1 is 0.968 bits per heavy atom. The Hall–Kier alpha value is -4.51. The zero-order chi connectivity index (χ0) is 45.2. The van der Waals surface area contributed by atoms with E-state index < -0.39 is 35.5 Å². The van der Waals surface area contributed by atoms with Crippen LogP contribution in [0.25, 0.3) is 0 Å². The number of hydrogen-bond acceptors (Lipinski definition) is 13. The van der Waals surface area contributed by atoms with Crippen molar-refractivity contribution < 1.29 is 58.2 Å². The number of aliphatic hydroxyl groups excluding tert-OH is 3. The minimum Gasteiger partial charge on any atom is -0.459 e. The molecule has 0 aromatic heterocycles. The molecule has 3 aliphatic rings. The van der Waals surface area contributed by atoms with Gasteiger partial charge >= 0.3 is 12.2 Å². The summed E-state index contributed by atoms with van der Waals surface area (Å²) in [4.78, 5) is 35.1. The maximum absolute atomic E-state index is 14.6. The third-order valence-corrected chi connectivity index (χ3v) is 11.5. The van der Waals surface area contributed by atoms with Gasteiger partial charge in [0.15, 0.2) is 0 Å². The first kappa shape index (κ1) is 49.5. The van der Waals surface area contributed by atoms with Gasteiger partial charge in [-0.1, -0.05) is 60.5 Å². The first-order chi connectivity index (χ1) is 30.5. The normalized spacial score (nSPS) is 23.1. The van der Waals surface area contributed by atoms with Gasteiger partial charge < -0.3 is 53.9 Å². The van der Waals surface area contributed by atoms with E-state index in [0.717, 1.165) is 42.4 Å². The van der Waals surface area contributed by atoms with E-state index in [9.17, 15) is 24.9 Å². The smallest absolute Gasteiger partial charge is 0.412 e. The Balaban J connectivity index is 1.69. The molecular weight excluding hydrogens is 811 g/mol. The molecule has 63 heavy (non-hydrogen) atoms. The highest BCUT2D eigenvalue weighted by Crippen LogP contribution is 2.62. The number of benzene rings is 2. The average molecular weight is 880 g/mol. The maximum atomic E-state index is 14.6. The molecule has 1 fully saturated rings. The number of nitrogens with zero attached hydrogens (tertiary/aromatic N) is 2. The topological polar surface area (TPSA) is 187 Å². The number of allylic oxidation sites excluding steroid dienone is 1. The number of fused-ring (bicyclic) bond motifs is 2. The molecule has 15 nitrogen and oxygen atoms in total. The van der Waals surface area contributed by atoms with E-state index in [1.54, 1.807) is 23.1 Å². The highest BCUT2D eigenvalue weighted by atomic mass is 16.7. The summed E-state index contributed by atoms with van der Waals surface area (Å²) in [6.07, 6.45) is 7.08. The highest BCUT2D eigenvalue weighted by Gasteiger charge is 2.65. The van der Waals surface area contributed by atoms with Crippen LogP contribution in [0.5, 0.6) is 11.5 Å². The Kier molecular flexibility index (Phi) is 19.3. The molecular formula is C48H69N3O12. The molecule has 0 bridgehead atoms. The monoisotopic (exact) mass is 879 g/mol. The fraction of sp³-hybridized carbons (Fsp3) is 0.604. The Morgan fingerprint density at radius 3 is 2.43 bits per heavy atom. The molecule has 2 aliphatic carbocycles. The van der Waals surface area contributed by atoms with Crippen LogP contribution in [0.15, 0.2) is 78.0 Å². The highest BCUT2D eigenvalue weighted by molar-refractivity contribution is 6.03. The van der Waals surface area contributed by atoms with Gasteiger partial charge in [-0.05, 0) is 94.5 Å². The van der Waals surface area contributed by atoms with Gasteiger partial charge in [-0.15, -0.1) is 6.58 Å². The van der Waals surface area contributed by atoms with E-state index in [1.165, 1.54) is 0 Å². The van der Waals surface area contributed by atoms with Crippen LogP contribution in [0.4, 0.5) is 9.59 Å². The summed E-state index contributed by atoms with van der Waals surface area (Å²) in [5.41, 5.74) is 2.62. The lowest BCUT2D eigenvalue weighted by Crippen LogP contribution is -2.70. The van der Waals surface area contributed by atoms with Crippen LogP contribution in [-0.2, 0) is 30.4 Å². The molecule has 1 saturated carbocycles. The van der Waals surface area contributed by atoms with Gasteiger partial charge in [-0.25, -0.2) is 9.59 Å². The lowest BCUT2D eigenvalue weighted by molar-refractivity contribution is -0.256. The summed E-state index contributed by atoms with van der Waals surface area (Å²) < 4.78 is 37.6. The summed E-state index contributed by atoms with van der Waals surface area (Å²) in [6.45, 7) is 12.6. The van der Waals surface area contributed by atoms with Crippen molar-refractivity contribution in [2.24, 2.45) is 22.9 Å². The third-order valence-electron chi connectivity index (χ3n) is 11.5. The predicted octanol–water partition coefficient (Wildman–Crippen LogP) is 6.89. The first-order valence-corrected chi connectivity index (χ1v) is 22.5. The Morgan fingerprint density at radius 2 is 1.73 bits per heavy atom. The van der Waals surface area contributed by atoms with Crippen molar-refractivity contribution >= 4 is 17.9 Å². The molecule has 0 spiro atoms. The SMILES string of the molecule is C=CCOC12Oc3ccc(OC(=O)NCC)cc3C3C(CCCCO)C(CCCCO)C=C(C(=NOC(C)(C)C)CC1N(CCOCCO)C(=O)OCCOCc1ccccc1)C32. The van der Waals surface area contributed by atoms with Crippen LogP contribution < -0.4 is 14.8 Å². The molecule has 6 atom stereocenters. The molecule has 2 aromatic carbocycles. The summed E-state index contributed by atoms with van der Waals surface area (Å²) in [5.74, 6) is -1.69. The number of oxime groups is 1. The average Bonchev–Trinajstić information content (AvgIpc) is 3.26. The molecule has 15 heteroatoms. The first-order valence-electron chi connectivity index (χ1n) is 22.5. The van der Waals surface area contributed by atoms with Crippen molar-refractivity contribution in [3.05, 3.63) is 84.0 Å². The standard InChI is InChI=1S/C48H69N3O12/c1-6-25-60-48-42(51(21-26-57-27-24-54)46(56)59-29-28-58-33-34-15-9-8-10-16-34)32-40(50-63-47(3,4)5)38-30-35(17-11-13-22-52)37(18-12-14-23-53)43(44(38)48)39-31-36(19-20-41(39)62-48)61-45(55)49-7-2/h6,8-10,15-16,19-20,30-31,35,37,42-44,52-54H,1,7,11-14,17-18,21-29,32-33H2,2-5H3,(H,49,55). The van der Waals surface area contributed by atoms with Crippen molar-refractivity contribution in [2.75, 3.05) is 65.9 Å². The molecule has 5 rings (SSSR count). The Labute approximate surface area is 372 Å². The molecule has 6 unspecified atom stereocenters. The number of hydrogen-bond donors (Lipinski definition) is 4. The van der Waals surface area contributed by atoms with Crippen molar-refractivity contribution in [1.82, 2.24) is 10.2 Å². The van der Waals surface area contributed by atoms with E-state index in [4.69, 9.17) is 38.4 Å². The van der Waals surface area contributed by atoms with Crippen molar-refractivity contribution in [3.8, 4) is 11.5 Å². The van der Waals surface area contributed by atoms with Crippen molar-refractivity contribution in [1.29, 1.82) is 0 Å². The van der Waals surface area contributed by atoms with Crippen LogP contribution in [0, 0.1) is 17.8 Å². The van der Waals surface area contributed by atoms with Crippen LogP contribution in [-0.4, -0.2) is 121 Å². The molecule has 2 aromatic rings.